The molecule has 0 unspecified atom stereocenters. The number of halogens is 1. The molecule has 0 atom stereocenters. The van der Waals surface area contributed by atoms with Crippen molar-refractivity contribution in [1.29, 1.82) is 0 Å². The van der Waals surface area contributed by atoms with Crippen LogP contribution in [0.15, 0.2) is 34.9 Å². The van der Waals surface area contributed by atoms with Gasteiger partial charge in [-0.2, -0.15) is 0 Å². The third-order valence-corrected chi connectivity index (χ3v) is 2.54. The van der Waals surface area contributed by atoms with Gasteiger partial charge < -0.3 is 4.42 Å². The van der Waals surface area contributed by atoms with Gasteiger partial charge >= 0.3 is 0 Å². The van der Waals surface area contributed by atoms with E-state index in [0.717, 1.165) is 0 Å². The summed E-state index contributed by atoms with van der Waals surface area (Å²) in [6.07, 6.45) is 1.45. The maximum atomic E-state index is 13.3. The van der Waals surface area contributed by atoms with E-state index in [0.29, 0.717) is 22.5 Å². The van der Waals surface area contributed by atoms with Crippen LogP contribution in [0.25, 0.3) is 0 Å². The van der Waals surface area contributed by atoms with Crippen LogP contribution in [0, 0.1) is 19.7 Å². The zero-order valence-electron chi connectivity index (χ0n) is 9.08. The smallest absolute Gasteiger partial charge is 0.196 e. The van der Waals surface area contributed by atoms with E-state index >= 15 is 0 Å². The first-order valence-electron chi connectivity index (χ1n) is 4.94. The molecule has 3 heteroatoms. The highest BCUT2D eigenvalue weighted by Gasteiger charge is 2.14. The van der Waals surface area contributed by atoms with Crippen LogP contribution >= 0.6 is 0 Å². The van der Waals surface area contributed by atoms with Gasteiger partial charge in [-0.1, -0.05) is 12.1 Å². The fraction of sp³-hybridized carbons (Fsp3) is 0.154. The van der Waals surface area contributed by atoms with E-state index < -0.39 is 0 Å². The minimum absolute atomic E-state index is 0.217. The number of rotatable bonds is 2. The lowest BCUT2D eigenvalue weighted by atomic mass is 10.0. The summed E-state index contributed by atoms with van der Waals surface area (Å²) in [6, 6.07) is 6.06. The summed E-state index contributed by atoms with van der Waals surface area (Å²) in [5.41, 5.74) is 1.34. The highest BCUT2D eigenvalue weighted by atomic mass is 19.1. The number of carbonyl (C=O) groups is 1. The van der Waals surface area contributed by atoms with Crippen LogP contribution in [0.3, 0.4) is 0 Å². The molecular weight excluding hydrogens is 207 g/mol. The average Bonchev–Trinajstić information content (AvgIpc) is 2.67. The van der Waals surface area contributed by atoms with E-state index in [4.69, 9.17) is 4.42 Å². The average molecular weight is 218 g/mol. The van der Waals surface area contributed by atoms with E-state index in [1.54, 1.807) is 32.0 Å². The van der Waals surface area contributed by atoms with Crippen molar-refractivity contribution >= 4 is 5.78 Å². The van der Waals surface area contributed by atoms with Crippen molar-refractivity contribution in [2.24, 2.45) is 0 Å². The van der Waals surface area contributed by atoms with E-state index in [-0.39, 0.29) is 11.6 Å². The quantitative estimate of drug-likeness (QED) is 0.724. The van der Waals surface area contributed by atoms with Gasteiger partial charge in [0, 0.05) is 5.56 Å². The van der Waals surface area contributed by atoms with Crippen LogP contribution < -0.4 is 0 Å². The largest absolute Gasteiger partial charge is 0.469 e. The zero-order valence-corrected chi connectivity index (χ0v) is 9.08. The Morgan fingerprint density at radius 2 is 2.00 bits per heavy atom. The van der Waals surface area contributed by atoms with Crippen LogP contribution in [0.2, 0.25) is 0 Å². The van der Waals surface area contributed by atoms with Gasteiger partial charge in [-0.05, 0) is 31.5 Å². The first-order chi connectivity index (χ1) is 7.59. The zero-order chi connectivity index (χ0) is 11.7. The summed E-state index contributed by atoms with van der Waals surface area (Å²) in [4.78, 5) is 12.0. The molecule has 0 saturated heterocycles. The van der Waals surface area contributed by atoms with Crippen molar-refractivity contribution in [3.63, 3.8) is 0 Å². The van der Waals surface area contributed by atoms with Crippen LogP contribution in [-0.4, -0.2) is 5.78 Å². The van der Waals surface area contributed by atoms with Gasteiger partial charge in [0.05, 0.1) is 11.8 Å². The Morgan fingerprint density at radius 1 is 1.25 bits per heavy atom. The second-order valence-electron chi connectivity index (χ2n) is 3.68. The van der Waals surface area contributed by atoms with Crippen LogP contribution in [0.5, 0.6) is 0 Å². The number of benzene rings is 1. The second kappa shape index (κ2) is 3.93. The molecule has 1 aromatic heterocycles. The fourth-order valence-corrected chi connectivity index (χ4v) is 1.51. The number of aryl methyl sites for hydroxylation is 2. The van der Waals surface area contributed by atoms with Crippen LogP contribution in [0.1, 0.15) is 27.2 Å². The lowest BCUT2D eigenvalue weighted by Crippen LogP contribution is -2.02. The van der Waals surface area contributed by atoms with Gasteiger partial charge in [0.25, 0.3) is 0 Å². The highest BCUT2D eigenvalue weighted by Crippen LogP contribution is 2.17. The molecule has 1 aromatic carbocycles. The Hall–Kier alpha value is -1.90. The molecule has 0 bridgehead atoms. The molecule has 0 saturated carbocycles. The molecule has 0 aliphatic carbocycles. The van der Waals surface area contributed by atoms with Crippen molar-refractivity contribution in [2.45, 2.75) is 13.8 Å². The monoisotopic (exact) mass is 218 g/mol. The molecule has 2 aromatic rings. The molecule has 82 valence electrons. The van der Waals surface area contributed by atoms with E-state index in [9.17, 15) is 9.18 Å². The number of carbonyl (C=O) groups excluding carboxylic acids is 1. The maximum absolute atomic E-state index is 13.3. The number of ketones is 1. The summed E-state index contributed by atoms with van der Waals surface area (Å²) in [5.74, 6) is -0.0388. The van der Waals surface area contributed by atoms with Gasteiger partial charge in [-0.3, -0.25) is 4.79 Å². The molecule has 0 aliphatic heterocycles. The standard InChI is InChI=1S/C13H11FO2/c1-8-3-4-10(7-12(8)14)13(15)11-5-6-16-9(11)2/h3-7H,1-2H3. The molecule has 0 radical (unpaired) electrons. The molecule has 0 amide bonds. The van der Waals surface area contributed by atoms with Gasteiger partial charge in [-0.15, -0.1) is 0 Å². The molecule has 0 N–H and O–H groups in total. The van der Waals surface area contributed by atoms with E-state index in [2.05, 4.69) is 0 Å². The SMILES string of the molecule is Cc1ccc(C(=O)c2ccoc2C)cc1F. The van der Waals surface area contributed by atoms with Gasteiger partial charge in [-0.25, -0.2) is 4.39 Å². The highest BCUT2D eigenvalue weighted by molar-refractivity contribution is 6.09. The first kappa shape index (κ1) is 10.6. The van der Waals surface area contributed by atoms with Crippen molar-refractivity contribution in [3.05, 3.63) is 58.8 Å². The van der Waals surface area contributed by atoms with Gasteiger partial charge in [0.2, 0.25) is 0 Å². The fourth-order valence-electron chi connectivity index (χ4n) is 1.51. The van der Waals surface area contributed by atoms with Crippen LogP contribution in [0.4, 0.5) is 4.39 Å². The third-order valence-electron chi connectivity index (χ3n) is 2.54. The molecule has 0 fully saturated rings. The van der Waals surface area contributed by atoms with E-state index in [1.807, 2.05) is 0 Å². The number of furan rings is 1. The summed E-state index contributed by atoms with van der Waals surface area (Å²) in [6.45, 7) is 3.37. The summed E-state index contributed by atoms with van der Waals surface area (Å²) >= 11 is 0. The minimum atomic E-state index is -0.369. The number of hydrogen-bond donors (Lipinski definition) is 0. The molecular formula is C13H11FO2. The summed E-state index contributed by atoms with van der Waals surface area (Å²) in [5, 5.41) is 0. The normalized spacial score (nSPS) is 10.4. The predicted octanol–water partition coefficient (Wildman–Crippen LogP) is 3.27. The Labute approximate surface area is 92.7 Å². The lowest BCUT2D eigenvalue weighted by Gasteiger charge is -2.01. The molecule has 0 spiro atoms. The Bertz CT molecular complexity index is 541. The molecule has 0 aliphatic rings. The van der Waals surface area contributed by atoms with Crippen LogP contribution in [-0.2, 0) is 0 Å². The van der Waals surface area contributed by atoms with E-state index in [1.165, 1.54) is 12.3 Å². The molecule has 2 rings (SSSR count). The van der Waals surface area contributed by atoms with Crippen molar-refractivity contribution < 1.29 is 13.6 Å². The Kier molecular flexibility index (Phi) is 2.60. The van der Waals surface area contributed by atoms with Gasteiger partial charge in [0.1, 0.15) is 11.6 Å². The molecule has 1 heterocycles. The lowest BCUT2D eigenvalue weighted by molar-refractivity contribution is 0.103. The summed E-state index contributed by atoms with van der Waals surface area (Å²) in [7, 11) is 0. The topological polar surface area (TPSA) is 30.2 Å². The Balaban J connectivity index is 2.42. The minimum Gasteiger partial charge on any atom is -0.469 e. The molecule has 16 heavy (non-hydrogen) atoms. The third kappa shape index (κ3) is 1.76. The predicted molar refractivity (Wildman–Crippen MR) is 58.0 cm³/mol. The second-order valence-corrected chi connectivity index (χ2v) is 3.68. The molecule has 2 nitrogen and oxygen atoms in total. The maximum Gasteiger partial charge on any atom is 0.196 e. The van der Waals surface area contributed by atoms with Crippen molar-refractivity contribution in [3.8, 4) is 0 Å². The Morgan fingerprint density at radius 3 is 2.56 bits per heavy atom. The van der Waals surface area contributed by atoms with Gasteiger partial charge in [0.15, 0.2) is 5.78 Å². The summed E-state index contributed by atoms with van der Waals surface area (Å²) < 4.78 is 18.4. The first-order valence-corrected chi connectivity index (χ1v) is 4.94. The van der Waals surface area contributed by atoms with Crippen molar-refractivity contribution in [2.75, 3.05) is 0 Å². The van der Waals surface area contributed by atoms with Crippen molar-refractivity contribution in [1.82, 2.24) is 0 Å². The number of hydrogen-bond acceptors (Lipinski definition) is 2.